The number of benzene rings is 3. The molecular weight excluding hydrogens is 478 g/mol. The van der Waals surface area contributed by atoms with E-state index < -0.39 is 12.2 Å². The van der Waals surface area contributed by atoms with E-state index in [9.17, 15) is 9.59 Å². The zero-order chi connectivity index (χ0) is 25.5. The van der Waals surface area contributed by atoms with Crippen LogP contribution < -0.4 is 15.8 Å². The third-order valence-electron chi connectivity index (χ3n) is 5.24. The van der Waals surface area contributed by atoms with Gasteiger partial charge in [0.25, 0.3) is 0 Å². The van der Waals surface area contributed by atoms with Crippen molar-refractivity contribution in [3.8, 4) is 5.75 Å². The van der Waals surface area contributed by atoms with Gasteiger partial charge in [0.05, 0.1) is 4.88 Å². The van der Waals surface area contributed by atoms with E-state index in [1.165, 1.54) is 18.3 Å². The molecule has 36 heavy (non-hydrogen) atoms. The zero-order valence-electron chi connectivity index (χ0n) is 19.5. The molecule has 0 fully saturated rings. The minimum Gasteiger partial charge on any atom is -0.481 e. The van der Waals surface area contributed by atoms with Crippen LogP contribution in [0.5, 0.6) is 5.75 Å². The lowest BCUT2D eigenvalue weighted by atomic mass is 10.1. The average Bonchev–Trinajstić information content (AvgIpc) is 3.32. The van der Waals surface area contributed by atoms with Crippen molar-refractivity contribution in [2.75, 3.05) is 11.9 Å². The Morgan fingerprint density at radius 3 is 2.44 bits per heavy atom. The Hall–Kier alpha value is -4.37. The molecule has 1 unspecified atom stereocenters. The lowest BCUT2D eigenvalue weighted by Crippen LogP contribution is -2.21. The summed E-state index contributed by atoms with van der Waals surface area (Å²) in [5.74, 6) is 0.254. The first-order chi connectivity index (χ1) is 17.4. The molecule has 3 aromatic carbocycles. The van der Waals surface area contributed by atoms with Gasteiger partial charge in [0, 0.05) is 22.7 Å². The van der Waals surface area contributed by atoms with Gasteiger partial charge in [0.2, 0.25) is 0 Å². The minimum atomic E-state index is -0.625. The number of amidine groups is 1. The Labute approximate surface area is 212 Å². The van der Waals surface area contributed by atoms with Gasteiger partial charge in [-0.1, -0.05) is 48.5 Å². The molecular formula is C27H25N3O5S. The molecule has 0 aliphatic rings. The SMILES string of the molecule is CC(=O)OCc1ccc(NC(=O)OCC(Oc2cccc3sc(C(=N)N)cc23)c2ccccc2)cc1. The fraction of sp³-hybridized carbons (Fsp3) is 0.148. The van der Waals surface area contributed by atoms with Crippen molar-refractivity contribution >= 4 is 45.0 Å². The molecule has 0 bridgehead atoms. The van der Waals surface area contributed by atoms with Crippen LogP contribution in [0.1, 0.15) is 29.0 Å². The Bertz CT molecular complexity index is 1370. The van der Waals surface area contributed by atoms with Crippen LogP contribution in [0.15, 0.2) is 78.9 Å². The minimum absolute atomic E-state index is 0.00109. The fourth-order valence-electron chi connectivity index (χ4n) is 3.46. The number of fused-ring (bicyclic) bond motifs is 1. The summed E-state index contributed by atoms with van der Waals surface area (Å²) in [5.41, 5.74) is 7.86. The lowest BCUT2D eigenvalue weighted by molar-refractivity contribution is -0.142. The summed E-state index contributed by atoms with van der Waals surface area (Å²) in [6.45, 7) is 1.49. The van der Waals surface area contributed by atoms with E-state index in [0.29, 0.717) is 16.3 Å². The molecule has 4 aromatic rings. The van der Waals surface area contributed by atoms with Gasteiger partial charge in [0.1, 0.15) is 24.8 Å². The smallest absolute Gasteiger partial charge is 0.411 e. The number of amides is 1. The van der Waals surface area contributed by atoms with Crippen LogP contribution in [0, 0.1) is 5.41 Å². The monoisotopic (exact) mass is 503 g/mol. The summed E-state index contributed by atoms with van der Waals surface area (Å²) in [7, 11) is 0. The Balaban J connectivity index is 1.44. The average molecular weight is 504 g/mol. The summed E-state index contributed by atoms with van der Waals surface area (Å²) in [6, 6.07) is 23.9. The number of nitrogens with one attached hydrogen (secondary N) is 2. The number of carbonyl (C=O) groups excluding carboxylic acids is 2. The van der Waals surface area contributed by atoms with Crippen molar-refractivity contribution < 1.29 is 23.8 Å². The maximum atomic E-state index is 12.5. The largest absolute Gasteiger partial charge is 0.481 e. The van der Waals surface area contributed by atoms with Gasteiger partial charge in [-0.05, 0) is 41.5 Å². The highest BCUT2D eigenvalue weighted by atomic mass is 32.1. The molecule has 0 radical (unpaired) electrons. The maximum absolute atomic E-state index is 12.5. The van der Waals surface area contributed by atoms with Crippen molar-refractivity contribution in [1.82, 2.24) is 0 Å². The highest BCUT2D eigenvalue weighted by molar-refractivity contribution is 7.20. The number of hydrogen-bond acceptors (Lipinski definition) is 7. The van der Waals surface area contributed by atoms with E-state index in [1.807, 2.05) is 54.6 Å². The van der Waals surface area contributed by atoms with E-state index in [4.69, 9.17) is 25.4 Å². The third-order valence-corrected chi connectivity index (χ3v) is 6.37. The molecule has 4 N–H and O–H groups in total. The fourth-order valence-corrected chi connectivity index (χ4v) is 4.40. The van der Waals surface area contributed by atoms with Crippen LogP contribution in [0.2, 0.25) is 0 Å². The molecule has 1 heterocycles. The van der Waals surface area contributed by atoms with Gasteiger partial charge in [-0.2, -0.15) is 0 Å². The van der Waals surface area contributed by atoms with E-state index in [0.717, 1.165) is 21.2 Å². The molecule has 184 valence electrons. The molecule has 8 nitrogen and oxygen atoms in total. The molecule has 0 spiro atoms. The normalized spacial score (nSPS) is 11.5. The maximum Gasteiger partial charge on any atom is 0.411 e. The molecule has 1 atom stereocenters. The second kappa shape index (κ2) is 11.4. The number of rotatable bonds is 9. The van der Waals surface area contributed by atoms with E-state index in [2.05, 4.69) is 5.32 Å². The van der Waals surface area contributed by atoms with Gasteiger partial charge < -0.3 is 19.9 Å². The summed E-state index contributed by atoms with van der Waals surface area (Å²) in [6.07, 6.45) is -1.19. The van der Waals surface area contributed by atoms with E-state index >= 15 is 0 Å². The van der Waals surface area contributed by atoms with Crippen molar-refractivity contribution in [1.29, 1.82) is 5.41 Å². The molecule has 0 saturated heterocycles. The predicted octanol–water partition coefficient (Wildman–Crippen LogP) is 5.62. The number of ether oxygens (including phenoxy) is 3. The highest BCUT2D eigenvalue weighted by Crippen LogP contribution is 2.35. The Morgan fingerprint density at radius 1 is 1.00 bits per heavy atom. The van der Waals surface area contributed by atoms with Crippen molar-refractivity contribution in [2.24, 2.45) is 5.73 Å². The van der Waals surface area contributed by atoms with Gasteiger partial charge in [0.15, 0.2) is 6.10 Å². The summed E-state index contributed by atoms with van der Waals surface area (Å²) >= 11 is 1.42. The topological polar surface area (TPSA) is 124 Å². The lowest BCUT2D eigenvalue weighted by Gasteiger charge is -2.20. The molecule has 0 aliphatic heterocycles. The number of anilines is 1. The molecule has 4 rings (SSSR count). The molecule has 0 aliphatic carbocycles. The quantitative estimate of drug-likeness (QED) is 0.155. The first-order valence-electron chi connectivity index (χ1n) is 11.1. The molecule has 1 aromatic heterocycles. The molecule has 9 heteroatoms. The first-order valence-corrected chi connectivity index (χ1v) is 12.0. The van der Waals surface area contributed by atoms with Gasteiger partial charge in [-0.3, -0.25) is 15.5 Å². The van der Waals surface area contributed by atoms with E-state index in [-0.39, 0.29) is 25.0 Å². The summed E-state index contributed by atoms with van der Waals surface area (Å²) < 4.78 is 17.7. The number of thiophene rings is 1. The summed E-state index contributed by atoms with van der Waals surface area (Å²) in [5, 5.41) is 11.3. The standard InChI is InChI=1S/C27H25N3O5S/c1-17(31)33-15-18-10-12-20(13-11-18)30-27(32)34-16-23(19-6-3-2-4-7-19)35-22-8-5-9-24-21(22)14-25(36-24)26(28)29/h2-14,23H,15-16H2,1H3,(H3,28,29)(H,30,32). The van der Waals surface area contributed by atoms with Crippen LogP contribution >= 0.6 is 11.3 Å². The summed E-state index contributed by atoms with van der Waals surface area (Å²) in [4.78, 5) is 24.1. The third kappa shape index (κ3) is 6.39. The van der Waals surface area contributed by atoms with E-state index in [1.54, 1.807) is 24.3 Å². The zero-order valence-corrected chi connectivity index (χ0v) is 20.3. The van der Waals surface area contributed by atoms with Crippen LogP contribution in [0.25, 0.3) is 10.1 Å². The number of nitrogen functional groups attached to an aromatic ring is 1. The molecule has 1 amide bonds. The second-order valence-corrected chi connectivity index (χ2v) is 8.99. The number of esters is 1. The van der Waals surface area contributed by atoms with Crippen LogP contribution in [0.4, 0.5) is 10.5 Å². The molecule has 0 saturated carbocycles. The number of hydrogen-bond donors (Lipinski definition) is 3. The predicted molar refractivity (Wildman–Crippen MR) is 140 cm³/mol. The first kappa shape index (κ1) is 24.7. The Morgan fingerprint density at radius 2 is 1.75 bits per heavy atom. The van der Waals surface area contributed by atoms with Gasteiger partial charge >= 0.3 is 12.1 Å². The highest BCUT2D eigenvalue weighted by Gasteiger charge is 2.19. The second-order valence-electron chi connectivity index (χ2n) is 7.91. The van der Waals surface area contributed by atoms with Crippen LogP contribution in [0.3, 0.4) is 0 Å². The number of carbonyl (C=O) groups is 2. The van der Waals surface area contributed by atoms with Gasteiger partial charge in [-0.15, -0.1) is 11.3 Å². The Kier molecular flexibility index (Phi) is 7.82. The van der Waals surface area contributed by atoms with Crippen molar-refractivity contribution in [3.63, 3.8) is 0 Å². The number of nitrogens with two attached hydrogens (primary N) is 1. The van der Waals surface area contributed by atoms with Crippen molar-refractivity contribution in [2.45, 2.75) is 19.6 Å². The van der Waals surface area contributed by atoms with Crippen LogP contribution in [-0.2, 0) is 20.9 Å². The van der Waals surface area contributed by atoms with Crippen molar-refractivity contribution in [3.05, 3.63) is 94.9 Å². The van der Waals surface area contributed by atoms with Crippen LogP contribution in [-0.4, -0.2) is 24.5 Å². The van der Waals surface area contributed by atoms with Gasteiger partial charge in [-0.25, -0.2) is 4.79 Å².